The first-order valence-electron chi connectivity index (χ1n) is 4.32. The fourth-order valence-corrected chi connectivity index (χ4v) is 1.72. The summed E-state index contributed by atoms with van der Waals surface area (Å²) in [4.78, 5) is 11.2. The first kappa shape index (κ1) is 7.38. The number of hydrogen-bond donors (Lipinski definition) is 0. The van der Waals surface area contributed by atoms with Gasteiger partial charge in [-0.25, -0.2) is 0 Å². The van der Waals surface area contributed by atoms with Crippen molar-refractivity contribution in [2.45, 2.75) is 0 Å². The molecular formula is C11H6N2O. The number of carbonyl (C=O) groups is 1. The van der Waals surface area contributed by atoms with Crippen molar-refractivity contribution in [2.24, 2.45) is 0 Å². The summed E-state index contributed by atoms with van der Waals surface area (Å²) in [5.74, 6) is 0.0295. The van der Waals surface area contributed by atoms with Crippen LogP contribution in [0, 0.1) is 0 Å². The Labute approximate surface area is 80.5 Å². The van der Waals surface area contributed by atoms with Crippen molar-refractivity contribution in [1.29, 1.82) is 0 Å². The first-order valence-corrected chi connectivity index (χ1v) is 4.32. The molecule has 0 amide bonds. The maximum atomic E-state index is 11.2. The molecule has 2 aliphatic rings. The highest BCUT2D eigenvalue weighted by Gasteiger charge is 2.21. The molecule has 0 spiro atoms. The predicted molar refractivity (Wildman–Crippen MR) is 52.1 cm³/mol. The molecule has 0 aliphatic heterocycles. The van der Waals surface area contributed by atoms with Crippen molar-refractivity contribution in [3.05, 3.63) is 47.3 Å². The molecule has 14 heavy (non-hydrogen) atoms. The second-order valence-corrected chi connectivity index (χ2v) is 3.22. The molecule has 1 aromatic heterocycles. The van der Waals surface area contributed by atoms with E-state index >= 15 is 0 Å². The second-order valence-electron chi connectivity index (χ2n) is 3.22. The van der Waals surface area contributed by atoms with Crippen molar-refractivity contribution < 1.29 is 4.79 Å². The number of hydrogen-bond acceptors (Lipinski definition) is 3. The van der Waals surface area contributed by atoms with E-state index in [-0.39, 0.29) is 5.78 Å². The van der Waals surface area contributed by atoms with E-state index in [0.717, 1.165) is 22.4 Å². The van der Waals surface area contributed by atoms with E-state index in [1.165, 1.54) is 0 Å². The van der Waals surface area contributed by atoms with Gasteiger partial charge in [-0.1, -0.05) is 6.08 Å². The molecule has 0 unspecified atom stereocenters. The summed E-state index contributed by atoms with van der Waals surface area (Å²) in [6.45, 7) is 0. The molecule has 3 nitrogen and oxygen atoms in total. The minimum Gasteiger partial charge on any atom is -0.290 e. The third-order valence-corrected chi connectivity index (χ3v) is 2.36. The Bertz CT molecular complexity index is 524. The molecular weight excluding hydrogens is 176 g/mol. The molecule has 0 N–H and O–H groups in total. The van der Waals surface area contributed by atoms with E-state index in [1.807, 2.05) is 18.2 Å². The zero-order valence-corrected chi connectivity index (χ0v) is 7.27. The van der Waals surface area contributed by atoms with E-state index in [4.69, 9.17) is 0 Å². The average Bonchev–Trinajstić information content (AvgIpc) is 2.56. The van der Waals surface area contributed by atoms with Gasteiger partial charge in [-0.05, 0) is 35.4 Å². The zero-order valence-electron chi connectivity index (χ0n) is 7.27. The SMILES string of the molecule is O=C1C=CC2=Cc3nnccc3C2=C1. The second kappa shape index (κ2) is 2.48. The molecule has 1 aromatic rings. The Kier molecular flexibility index (Phi) is 1.31. The first-order chi connectivity index (χ1) is 6.84. The smallest absolute Gasteiger partial charge is 0.179 e. The summed E-state index contributed by atoms with van der Waals surface area (Å²) in [6, 6.07) is 1.88. The molecule has 66 valence electrons. The maximum Gasteiger partial charge on any atom is 0.179 e. The van der Waals surface area contributed by atoms with Crippen LogP contribution in [0.2, 0.25) is 0 Å². The third kappa shape index (κ3) is 0.893. The van der Waals surface area contributed by atoms with Crippen molar-refractivity contribution in [3.63, 3.8) is 0 Å². The molecule has 0 aromatic carbocycles. The monoisotopic (exact) mass is 182 g/mol. The van der Waals surface area contributed by atoms with Gasteiger partial charge in [0, 0.05) is 5.56 Å². The highest BCUT2D eigenvalue weighted by atomic mass is 16.1. The number of aromatic nitrogens is 2. The maximum absolute atomic E-state index is 11.2. The number of rotatable bonds is 0. The van der Waals surface area contributed by atoms with Gasteiger partial charge in [-0.2, -0.15) is 10.2 Å². The fraction of sp³-hybridized carbons (Fsp3) is 0. The van der Waals surface area contributed by atoms with Crippen LogP contribution in [0.15, 0.2) is 36.1 Å². The highest BCUT2D eigenvalue weighted by molar-refractivity contribution is 6.13. The predicted octanol–water partition coefficient (Wildman–Crippen LogP) is 1.40. The topological polar surface area (TPSA) is 42.9 Å². The van der Waals surface area contributed by atoms with Crippen LogP contribution < -0.4 is 0 Å². The number of fused-ring (bicyclic) bond motifs is 3. The van der Waals surface area contributed by atoms with Crippen molar-refractivity contribution >= 4 is 17.4 Å². The van der Waals surface area contributed by atoms with Gasteiger partial charge < -0.3 is 0 Å². The summed E-state index contributed by atoms with van der Waals surface area (Å²) < 4.78 is 0. The Balaban J connectivity index is 2.27. The van der Waals surface area contributed by atoms with Gasteiger partial charge in [0.15, 0.2) is 5.78 Å². The number of nitrogens with zero attached hydrogens (tertiary/aromatic N) is 2. The molecule has 0 radical (unpaired) electrons. The normalized spacial score (nSPS) is 17.3. The standard InChI is InChI=1S/C11H6N2O/c14-8-2-1-7-5-11-9(10(7)6-8)3-4-12-13-11/h1-6H. The minimum absolute atomic E-state index is 0.0295. The lowest BCUT2D eigenvalue weighted by Gasteiger charge is -2.05. The van der Waals surface area contributed by atoms with Gasteiger partial charge in [0.1, 0.15) is 0 Å². The van der Waals surface area contributed by atoms with Gasteiger partial charge in [0.2, 0.25) is 0 Å². The lowest BCUT2D eigenvalue weighted by atomic mass is 9.99. The minimum atomic E-state index is 0.0295. The molecule has 0 saturated heterocycles. The fourth-order valence-electron chi connectivity index (χ4n) is 1.72. The molecule has 3 heteroatoms. The van der Waals surface area contributed by atoms with Gasteiger partial charge in [-0.15, -0.1) is 0 Å². The van der Waals surface area contributed by atoms with Crippen LogP contribution in [-0.4, -0.2) is 16.0 Å². The molecule has 0 atom stereocenters. The van der Waals surface area contributed by atoms with Crippen LogP contribution in [0.1, 0.15) is 11.3 Å². The Hall–Kier alpha value is -2.03. The molecule has 3 rings (SSSR count). The number of allylic oxidation sites excluding steroid dienone is 5. The number of carbonyl (C=O) groups excluding carboxylic acids is 1. The van der Waals surface area contributed by atoms with E-state index in [2.05, 4.69) is 10.2 Å². The summed E-state index contributed by atoms with van der Waals surface area (Å²) in [5.41, 5.74) is 3.84. The molecule has 0 bridgehead atoms. The van der Waals surface area contributed by atoms with Gasteiger partial charge >= 0.3 is 0 Å². The molecule has 0 fully saturated rings. The Morgan fingerprint density at radius 3 is 3.00 bits per heavy atom. The zero-order chi connectivity index (χ0) is 9.54. The average molecular weight is 182 g/mol. The Morgan fingerprint density at radius 2 is 2.07 bits per heavy atom. The van der Waals surface area contributed by atoms with Gasteiger partial charge in [-0.3, -0.25) is 4.79 Å². The van der Waals surface area contributed by atoms with Crippen LogP contribution in [0.4, 0.5) is 0 Å². The largest absolute Gasteiger partial charge is 0.290 e. The number of ketones is 1. The van der Waals surface area contributed by atoms with Crippen LogP contribution in [-0.2, 0) is 4.79 Å². The van der Waals surface area contributed by atoms with Crippen molar-refractivity contribution in [3.8, 4) is 0 Å². The third-order valence-electron chi connectivity index (χ3n) is 2.36. The molecule has 0 saturated carbocycles. The van der Waals surface area contributed by atoms with E-state index < -0.39 is 0 Å². The van der Waals surface area contributed by atoms with Gasteiger partial charge in [0.05, 0.1) is 11.9 Å². The lowest BCUT2D eigenvalue weighted by Crippen LogP contribution is -1.96. The van der Waals surface area contributed by atoms with Crippen molar-refractivity contribution in [1.82, 2.24) is 10.2 Å². The highest BCUT2D eigenvalue weighted by Crippen LogP contribution is 2.35. The summed E-state index contributed by atoms with van der Waals surface area (Å²) in [7, 11) is 0. The summed E-state index contributed by atoms with van der Waals surface area (Å²) in [5, 5.41) is 7.80. The van der Waals surface area contributed by atoms with Crippen LogP contribution in [0.25, 0.3) is 11.6 Å². The quantitative estimate of drug-likeness (QED) is 0.609. The van der Waals surface area contributed by atoms with E-state index in [0.29, 0.717) is 0 Å². The van der Waals surface area contributed by atoms with Crippen molar-refractivity contribution in [2.75, 3.05) is 0 Å². The van der Waals surface area contributed by atoms with Gasteiger partial charge in [0.25, 0.3) is 0 Å². The van der Waals surface area contributed by atoms with Crippen LogP contribution >= 0.6 is 0 Å². The van der Waals surface area contributed by atoms with E-state index in [1.54, 1.807) is 18.3 Å². The Morgan fingerprint density at radius 1 is 1.14 bits per heavy atom. The molecule has 1 heterocycles. The lowest BCUT2D eigenvalue weighted by molar-refractivity contribution is -0.110. The summed E-state index contributed by atoms with van der Waals surface area (Å²) >= 11 is 0. The van der Waals surface area contributed by atoms with Crippen LogP contribution in [0.5, 0.6) is 0 Å². The summed E-state index contributed by atoms with van der Waals surface area (Å²) in [6.07, 6.45) is 8.60. The molecule has 2 aliphatic carbocycles. The van der Waals surface area contributed by atoms with Crippen LogP contribution in [0.3, 0.4) is 0 Å². The van der Waals surface area contributed by atoms with E-state index in [9.17, 15) is 4.79 Å².